The summed E-state index contributed by atoms with van der Waals surface area (Å²) in [5.74, 6) is 0.835. The second-order valence-electron chi connectivity index (χ2n) is 3.92. The number of aromatic nitrogens is 2. The third-order valence-electron chi connectivity index (χ3n) is 2.26. The number of rotatable bonds is 5. The largest absolute Gasteiger partial charge is 0.353 e. The van der Waals surface area contributed by atoms with Gasteiger partial charge in [0.2, 0.25) is 5.91 Å². The van der Waals surface area contributed by atoms with E-state index in [-0.39, 0.29) is 11.9 Å². The highest BCUT2D eigenvalue weighted by Crippen LogP contribution is 2.10. The standard InChI is InChI=1S/C11H17N3OS/c1-8(2)9(3)14-10(15)7-16-11-12-5-4-6-13-11/h4-6,8-9H,7H2,1-3H3,(H,14,15). The SMILES string of the molecule is CC(C)C(C)NC(=O)CSc1ncccn1. The number of amides is 1. The third kappa shape index (κ3) is 4.61. The number of hydrogen-bond acceptors (Lipinski definition) is 4. The number of carbonyl (C=O) groups excluding carboxylic acids is 1. The van der Waals surface area contributed by atoms with Gasteiger partial charge in [0, 0.05) is 18.4 Å². The van der Waals surface area contributed by atoms with E-state index in [0.29, 0.717) is 16.8 Å². The van der Waals surface area contributed by atoms with Crippen LogP contribution in [0.3, 0.4) is 0 Å². The van der Waals surface area contributed by atoms with Gasteiger partial charge in [-0.15, -0.1) is 0 Å². The smallest absolute Gasteiger partial charge is 0.230 e. The summed E-state index contributed by atoms with van der Waals surface area (Å²) in [5.41, 5.74) is 0. The lowest BCUT2D eigenvalue weighted by Crippen LogP contribution is -2.37. The van der Waals surface area contributed by atoms with Crippen molar-refractivity contribution in [2.45, 2.75) is 32.0 Å². The van der Waals surface area contributed by atoms with Gasteiger partial charge >= 0.3 is 0 Å². The van der Waals surface area contributed by atoms with Gasteiger partial charge in [-0.3, -0.25) is 4.79 Å². The van der Waals surface area contributed by atoms with Crippen molar-refractivity contribution in [2.75, 3.05) is 5.75 Å². The molecule has 0 saturated carbocycles. The lowest BCUT2D eigenvalue weighted by atomic mass is 10.1. The van der Waals surface area contributed by atoms with E-state index in [2.05, 4.69) is 29.1 Å². The lowest BCUT2D eigenvalue weighted by Gasteiger charge is -2.16. The number of nitrogens with zero attached hydrogens (tertiary/aromatic N) is 2. The van der Waals surface area contributed by atoms with Crippen molar-refractivity contribution in [3.05, 3.63) is 18.5 Å². The van der Waals surface area contributed by atoms with Crippen molar-refractivity contribution in [2.24, 2.45) is 5.92 Å². The fraction of sp³-hybridized carbons (Fsp3) is 0.545. The summed E-state index contributed by atoms with van der Waals surface area (Å²) < 4.78 is 0. The lowest BCUT2D eigenvalue weighted by molar-refractivity contribution is -0.119. The van der Waals surface area contributed by atoms with Gasteiger partial charge in [0.15, 0.2) is 5.16 Å². The molecule has 5 heteroatoms. The first-order valence-corrected chi connectivity index (χ1v) is 6.27. The topological polar surface area (TPSA) is 54.9 Å². The zero-order chi connectivity index (χ0) is 12.0. The molecule has 0 aliphatic heterocycles. The molecule has 1 heterocycles. The Morgan fingerprint density at radius 2 is 2.00 bits per heavy atom. The maximum Gasteiger partial charge on any atom is 0.230 e. The van der Waals surface area contributed by atoms with Crippen molar-refractivity contribution in [1.29, 1.82) is 0 Å². The zero-order valence-corrected chi connectivity index (χ0v) is 10.6. The molecular formula is C11H17N3OS. The molecule has 4 nitrogen and oxygen atoms in total. The zero-order valence-electron chi connectivity index (χ0n) is 9.80. The first kappa shape index (κ1) is 13.0. The van der Waals surface area contributed by atoms with Crippen LogP contribution in [-0.4, -0.2) is 27.7 Å². The molecule has 88 valence electrons. The molecular weight excluding hydrogens is 222 g/mol. The van der Waals surface area contributed by atoms with Crippen molar-refractivity contribution in [1.82, 2.24) is 15.3 Å². The average Bonchev–Trinajstić information content (AvgIpc) is 2.27. The Morgan fingerprint density at radius 3 is 2.56 bits per heavy atom. The Bertz CT molecular complexity index is 329. The Balaban J connectivity index is 2.31. The molecule has 0 aromatic carbocycles. The summed E-state index contributed by atoms with van der Waals surface area (Å²) in [5, 5.41) is 3.57. The molecule has 1 N–H and O–H groups in total. The quantitative estimate of drug-likeness (QED) is 0.628. The van der Waals surface area contributed by atoms with Gasteiger partial charge in [-0.2, -0.15) is 0 Å². The highest BCUT2D eigenvalue weighted by Gasteiger charge is 2.11. The van der Waals surface area contributed by atoms with Gasteiger partial charge in [-0.05, 0) is 18.9 Å². The minimum absolute atomic E-state index is 0.0265. The summed E-state index contributed by atoms with van der Waals surface area (Å²) >= 11 is 1.35. The van der Waals surface area contributed by atoms with E-state index in [1.807, 2.05) is 6.92 Å². The van der Waals surface area contributed by atoms with E-state index >= 15 is 0 Å². The first-order valence-electron chi connectivity index (χ1n) is 5.28. The van der Waals surface area contributed by atoms with Crippen LogP contribution in [-0.2, 0) is 4.79 Å². The van der Waals surface area contributed by atoms with Crippen LogP contribution < -0.4 is 5.32 Å². The maximum absolute atomic E-state index is 11.5. The van der Waals surface area contributed by atoms with Gasteiger partial charge in [0.05, 0.1) is 5.75 Å². The van der Waals surface area contributed by atoms with Gasteiger partial charge in [-0.1, -0.05) is 25.6 Å². The second kappa shape index (κ2) is 6.48. The Labute approximate surface area is 100 Å². The number of hydrogen-bond donors (Lipinski definition) is 1. The van der Waals surface area contributed by atoms with E-state index in [1.54, 1.807) is 18.5 Å². The van der Waals surface area contributed by atoms with Crippen molar-refractivity contribution < 1.29 is 4.79 Å². The van der Waals surface area contributed by atoms with E-state index in [1.165, 1.54) is 11.8 Å². The van der Waals surface area contributed by atoms with Gasteiger partial charge in [0.1, 0.15) is 0 Å². The van der Waals surface area contributed by atoms with Crippen molar-refractivity contribution in [3.63, 3.8) is 0 Å². The summed E-state index contributed by atoms with van der Waals surface area (Å²) in [4.78, 5) is 19.6. The minimum atomic E-state index is 0.0265. The monoisotopic (exact) mass is 239 g/mol. The molecule has 1 amide bonds. The normalized spacial score (nSPS) is 12.5. The summed E-state index contributed by atoms with van der Waals surface area (Å²) in [6, 6.07) is 1.95. The molecule has 16 heavy (non-hydrogen) atoms. The molecule has 0 radical (unpaired) electrons. The van der Waals surface area contributed by atoms with Gasteiger partial charge in [-0.25, -0.2) is 9.97 Å². The Kier molecular flexibility index (Phi) is 5.25. The third-order valence-corrected chi connectivity index (χ3v) is 3.14. The van der Waals surface area contributed by atoms with E-state index in [4.69, 9.17) is 0 Å². The molecule has 0 bridgehead atoms. The molecule has 1 aromatic heterocycles. The fourth-order valence-electron chi connectivity index (χ4n) is 0.952. The summed E-state index contributed by atoms with van der Waals surface area (Å²) in [7, 11) is 0. The van der Waals surface area contributed by atoms with Crippen molar-refractivity contribution >= 4 is 17.7 Å². The van der Waals surface area contributed by atoms with Gasteiger partial charge < -0.3 is 5.32 Å². The van der Waals surface area contributed by atoms with Crippen LogP contribution in [0.25, 0.3) is 0 Å². The first-order chi connectivity index (χ1) is 7.59. The van der Waals surface area contributed by atoms with Crippen LogP contribution in [0.5, 0.6) is 0 Å². The van der Waals surface area contributed by atoms with E-state index in [0.717, 1.165) is 0 Å². The minimum Gasteiger partial charge on any atom is -0.353 e. The molecule has 1 atom stereocenters. The van der Waals surface area contributed by atoms with Gasteiger partial charge in [0.25, 0.3) is 0 Å². The van der Waals surface area contributed by atoms with Crippen LogP contribution in [0, 0.1) is 5.92 Å². The van der Waals surface area contributed by atoms with Crippen molar-refractivity contribution in [3.8, 4) is 0 Å². The van der Waals surface area contributed by atoms with E-state index < -0.39 is 0 Å². The molecule has 0 aliphatic carbocycles. The predicted molar refractivity (Wildman–Crippen MR) is 65.2 cm³/mol. The molecule has 0 saturated heterocycles. The molecule has 0 fully saturated rings. The van der Waals surface area contributed by atoms with E-state index in [9.17, 15) is 4.79 Å². The number of thioether (sulfide) groups is 1. The summed E-state index contributed by atoms with van der Waals surface area (Å²) in [6.45, 7) is 6.17. The Morgan fingerprint density at radius 1 is 1.38 bits per heavy atom. The molecule has 1 aromatic rings. The molecule has 1 unspecified atom stereocenters. The molecule has 1 rings (SSSR count). The number of nitrogens with one attached hydrogen (secondary N) is 1. The van der Waals surface area contributed by atoms with Crippen LogP contribution in [0.1, 0.15) is 20.8 Å². The van der Waals surface area contributed by atoms with Crippen LogP contribution in [0.4, 0.5) is 0 Å². The molecule has 0 spiro atoms. The average molecular weight is 239 g/mol. The predicted octanol–water partition coefficient (Wildman–Crippen LogP) is 1.73. The second-order valence-corrected chi connectivity index (χ2v) is 4.86. The van der Waals surface area contributed by atoms with Crippen LogP contribution in [0.15, 0.2) is 23.6 Å². The van der Waals surface area contributed by atoms with Crippen LogP contribution >= 0.6 is 11.8 Å². The van der Waals surface area contributed by atoms with Crippen LogP contribution in [0.2, 0.25) is 0 Å². The summed E-state index contributed by atoms with van der Waals surface area (Å²) in [6.07, 6.45) is 3.34. The molecule has 0 aliphatic rings. The fourth-order valence-corrected chi connectivity index (χ4v) is 1.57. The Hall–Kier alpha value is -1.10. The highest BCUT2D eigenvalue weighted by molar-refractivity contribution is 7.99. The number of carbonyl (C=O) groups is 1. The highest BCUT2D eigenvalue weighted by atomic mass is 32.2. The maximum atomic E-state index is 11.5.